The maximum atomic E-state index is 12.6. The normalized spacial score (nSPS) is 20.1. The summed E-state index contributed by atoms with van der Waals surface area (Å²) in [6.45, 7) is 2.88. The minimum Gasteiger partial charge on any atom is -0.487 e. The van der Waals surface area contributed by atoms with Crippen LogP contribution >= 0.6 is 0 Å². The molecule has 0 aliphatic carbocycles. The number of benzene rings is 2. The summed E-state index contributed by atoms with van der Waals surface area (Å²) in [5.41, 5.74) is 10.5. The summed E-state index contributed by atoms with van der Waals surface area (Å²) < 4.78 is 10.5. The molecule has 3 N–H and O–H groups in total. The molecule has 0 radical (unpaired) electrons. The van der Waals surface area contributed by atoms with Crippen LogP contribution in [0, 0.1) is 5.92 Å². The number of hydrogen-bond donors (Lipinski definition) is 2. The highest BCUT2D eigenvalue weighted by Gasteiger charge is 2.32. The van der Waals surface area contributed by atoms with E-state index in [4.69, 9.17) is 10.5 Å². The average Bonchev–Trinajstić information content (AvgIpc) is 3.36. The van der Waals surface area contributed by atoms with E-state index in [1.807, 2.05) is 30.3 Å². The van der Waals surface area contributed by atoms with Crippen LogP contribution in [0.3, 0.4) is 0 Å². The smallest absolute Gasteiger partial charge is 0.412 e. The van der Waals surface area contributed by atoms with E-state index in [1.165, 1.54) is 5.56 Å². The molecule has 1 fully saturated rings. The third kappa shape index (κ3) is 4.21. The summed E-state index contributed by atoms with van der Waals surface area (Å²) in [7, 11) is 0. The lowest BCUT2D eigenvalue weighted by Gasteiger charge is -2.30. The summed E-state index contributed by atoms with van der Waals surface area (Å²) in [6.07, 6.45) is 1.15. The number of nitrogens with two attached hydrogens (primary N) is 1. The first-order valence-corrected chi connectivity index (χ1v) is 11.1. The van der Waals surface area contributed by atoms with Gasteiger partial charge in [-0.25, -0.2) is 4.79 Å². The maximum absolute atomic E-state index is 12.6. The standard InChI is InChI=1S/C25H25N3O5/c26-25(31)33-24(30)16-8-11-28(12-9-16)10-7-15-5-6-18-17(13-15)14-32-22(18)21-19-3-1-2-4-20(19)27-23(21)29/h1-6,13,16H,7-12,14H2,(H2,26,31)(H,27,29). The number of ether oxygens (including phenoxy) is 2. The van der Waals surface area contributed by atoms with Gasteiger partial charge in [-0.1, -0.05) is 36.4 Å². The molecule has 2 aromatic rings. The fraction of sp³-hybridized carbons (Fsp3) is 0.320. The first kappa shape index (κ1) is 21.2. The predicted octanol–water partition coefficient (Wildman–Crippen LogP) is 2.91. The summed E-state index contributed by atoms with van der Waals surface area (Å²) in [5.74, 6) is -0.283. The molecule has 0 bridgehead atoms. The Bertz CT molecular complexity index is 1160. The Morgan fingerprint density at radius 3 is 2.70 bits per heavy atom. The minimum atomic E-state index is -1.04. The van der Waals surface area contributed by atoms with Crippen LogP contribution in [0.4, 0.5) is 10.5 Å². The summed E-state index contributed by atoms with van der Waals surface area (Å²) in [6, 6.07) is 13.9. The molecule has 33 heavy (non-hydrogen) atoms. The van der Waals surface area contributed by atoms with Gasteiger partial charge in [-0.15, -0.1) is 0 Å². The Morgan fingerprint density at radius 2 is 1.91 bits per heavy atom. The van der Waals surface area contributed by atoms with E-state index < -0.39 is 12.1 Å². The van der Waals surface area contributed by atoms with Crippen molar-refractivity contribution in [2.45, 2.75) is 25.9 Å². The van der Waals surface area contributed by atoms with Crippen molar-refractivity contribution in [2.24, 2.45) is 11.7 Å². The van der Waals surface area contributed by atoms with Gasteiger partial charge in [0.05, 0.1) is 11.5 Å². The lowest BCUT2D eigenvalue weighted by Crippen LogP contribution is -2.38. The number of likely N-dealkylation sites (tertiary alicyclic amines) is 1. The fourth-order valence-corrected chi connectivity index (χ4v) is 4.78. The SMILES string of the molecule is NC(=O)OC(=O)C1CCN(CCc2ccc3c(c2)COC3=C2C(=O)Nc3ccccc32)CC1. The number of carbonyl (C=O) groups excluding carboxylic acids is 3. The second-order valence-electron chi connectivity index (χ2n) is 8.59. The van der Waals surface area contributed by atoms with Crippen LogP contribution in [0.15, 0.2) is 42.5 Å². The molecule has 0 saturated carbocycles. The highest BCUT2D eigenvalue weighted by atomic mass is 16.6. The van der Waals surface area contributed by atoms with Crippen LogP contribution in [0.2, 0.25) is 0 Å². The predicted molar refractivity (Wildman–Crippen MR) is 122 cm³/mol. The van der Waals surface area contributed by atoms with E-state index in [-0.39, 0.29) is 11.8 Å². The summed E-state index contributed by atoms with van der Waals surface area (Å²) >= 11 is 0. The van der Waals surface area contributed by atoms with Crippen LogP contribution in [0.25, 0.3) is 11.3 Å². The number of fused-ring (bicyclic) bond motifs is 2. The number of rotatable bonds is 4. The zero-order valence-corrected chi connectivity index (χ0v) is 18.1. The quantitative estimate of drug-likeness (QED) is 0.424. The molecule has 8 heteroatoms. The number of para-hydroxylation sites is 1. The highest BCUT2D eigenvalue weighted by molar-refractivity contribution is 6.36. The fourth-order valence-electron chi connectivity index (χ4n) is 4.78. The Labute approximate surface area is 191 Å². The van der Waals surface area contributed by atoms with Gasteiger partial charge >= 0.3 is 12.1 Å². The molecule has 8 nitrogen and oxygen atoms in total. The number of anilines is 1. The van der Waals surface area contributed by atoms with Crippen molar-refractivity contribution >= 4 is 35.0 Å². The van der Waals surface area contributed by atoms with Crippen LogP contribution in [-0.4, -0.2) is 42.5 Å². The zero-order valence-electron chi connectivity index (χ0n) is 18.1. The molecular weight excluding hydrogens is 422 g/mol. The molecular formula is C25H25N3O5. The van der Waals surface area contributed by atoms with E-state index >= 15 is 0 Å². The van der Waals surface area contributed by atoms with Crippen LogP contribution in [0.5, 0.6) is 0 Å². The number of hydrogen-bond acceptors (Lipinski definition) is 6. The number of nitrogens with zero attached hydrogens (tertiary/aromatic N) is 1. The van der Waals surface area contributed by atoms with Gasteiger partial charge in [0.15, 0.2) is 0 Å². The van der Waals surface area contributed by atoms with Crippen molar-refractivity contribution in [3.8, 4) is 0 Å². The van der Waals surface area contributed by atoms with Gasteiger partial charge in [-0.2, -0.15) is 0 Å². The molecule has 2 amide bonds. The van der Waals surface area contributed by atoms with Gasteiger partial charge in [0.25, 0.3) is 5.91 Å². The number of amides is 2. The van der Waals surface area contributed by atoms with Gasteiger partial charge < -0.3 is 25.4 Å². The number of nitrogens with one attached hydrogen (secondary N) is 1. The number of esters is 1. The van der Waals surface area contributed by atoms with Crippen molar-refractivity contribution in [3.63, 3.8) is 0 Å². The molecule has 0 unspecified atom stereocenters. The molecule has 0 aromatic heterocycles. The Hall–Kier alpha value is -3.65. The molecule has 0 atom stereocenters. The van der Waals surface area contributed by atoms with E-state index in [0.717, 1.165) is 48.4 Å². The van der Waals surface area contributed by atoms with Gasteiger partial charge in [-0.3, -0.25) is 9.59 Å². The minimum absolute atomic E-state index is 0.133. The molecule has 5 rings (SSSR count). The van der Waals surface area contributed by atoms with Crippen molar-refractivity contribution in [3.05, 3.63) is 64.7 Å². The van der Waals surface area contributed by atoms with Crippen molar-refractivity contribution < 1.29 is 23.9 Å². The third-order valence-corrected chi connectivity index (χ3v) is 6.52. The Kier molecular flexibility index (Phi) is 5.60. The highest BCUT2D eigenvalue weighted by Crippen LogP contribution is 2.41. The van der Waals surface area contributed by atoms with Gasteiger partial charge in [-0.05, 0) is 44.0 Å². The topological polar surface area (TPSA) is 111 Å². The molecule has 3 aliphatic heterocycles. The molecule has 170 valence electrons. The number of carbonyl (C=O) groups is 3. The van der Waals surface area contributed by atoms with Gasteiger partial charge in [0.1, 0.15) is 12.4 Å². The average molecular weight is 447 g/mol. The molecule has 2 aromatic carbocycles. The van der Waals surface area contributed by atoms with Gasteiger partial charge in [0.2, 0.25) is 0 Å². The van der Waals surface area contributed by atoms with E-state index in [2.05, 4.69) is 27.1 Å². The molecule has 3 heterocycles. The number of primary amides is 1. The molecule has 0 spiro atoms. The van der Waals surface area contributed by atoms with Crippen molar-refractivity contribution in [2.75, 3.05) is 25.0 Å². The Balaban J connectivity index is 1.23. The van der Waals surface area contributed by atoms with E-state index in [1.54, 1.807) is 0 Å². The molecule has 3 aliphatic rings. The third-order valence-electron chi connectivity index (χ3n) is 6.52. The lowest BCUT2D eigenvalue weighted by atomic mass is 9.96. The molecule has 1 saturated heterocycles. The van der Waals surface area contributed by atoms with Crippen molar-refractivity contribution in [1.82, 2.24) is 4.90 Å². The summed E-state index contributed by atoms with van der Waals surface area (Å²) in [5, 5.41) is 2.91. The first-order chi connectivity index (χ1) is 16.0. The summed E-state index contributed by atoms with van der Waals surface area (Å²) in [4.78, 5) is 37.5. The first-order valence-electron chi connectivity index (χ1n) is 11.1. The van der Waals surface area contributed by atoms with E-state index in [0.29, 0.717) is 30.8 Å². The monoisotopic (exact) mass is 447 g/mol. The van der Waals surface area contributed by atoms with Crippen LogP contribution in [0.1, 0.15) is 35.1 Å². The van der Waals surface area contributed by atoms with Gasteiger partial charge in [0, 0.05) is 28.9 Å². The maximum Gasteiger partial charge on any atom is 0.412 e. The second kappa shape index (κ2) is 8.71. The lowest BCUT2D eigenvalue weighted by molar-refractivity contribution is -0.143. The second-order valence-corrected chi connectivity index (χ2v) is 8.59. The largest absolute Gasteiger partial charge is 0.487 e. The Morgan fingerprint density at radius 1 is 1.12 bits per heavy atom. The number of piperidine rings is 1. The van der Waals surface area contributed by atoms with Crippen LogP contribution in [-0.2, 0) is 32.1 Å². The van der Waals surface area contributed by atoms with E-state index in [9.17, 15) is 14.4 Å². The zero-order chi connectivity index (χ0) is 22.9. The van der Waals surface area contributed by atoms with Crippen LogP contribution < -0.4 is 11.1 Å². The van der Waals surface area contributed by atoms with Crippen molar-refractivity contribution in [1.29, 1.82) is 0 Å².